The molecule has 3 nitrogen and oxygen atoms in total. The summed E-state index contributed by atoms with van der Waals surface area (Å²) in [6.45, 7) is 0.698. The molecule has 0 N–H and O–H groups in total. The van der Waals surface area contributed by atoms with Crippen LogP contribution in [0.5, 0.6) is 0 Å². The van der Waals surface area contributed by atoms with E-state index in [1.54, 1.807) is 7.05 Å². The number of hydrogen-bond acceptors (Lipinski definition) is 2. The number of hydrogen-bond donors (Lipinski definition) is 1. The Morgan fingerprint density at radius 2 is 1.85 bits per heavy atom. The van der Waals surface area contributed by atoms with Crippen LogP contribution < -0.4 is 0 Å². The minimum absolute atomic E-state index is 0.698. The average Bonchev–Trinajstić information content (AvgIpc) is 2.15. The molecule has 0 amide bonds. The summed E-state index contributed by atoms with van der Waals surface area (Å²) >= 11 is 0. The Morgan fingerprint density at radius 3 is 2.38 bits per heavy atom. The second kappa shape index (κ2) is 5.60. The smallest absolute Gasteiger partial charge is 0.203 e. The molecule has 1 saturated carbocycles. The third-order valence-corrected chi connectivity index (χ3v) is 3.62. The van der Waals surface area contributed by atoms with Crippen LogP contribution in [0, 0.1) is 5.92 Å². The molecule has 1 fully saturated rings. The predicted octanol–water partition coefficient (Wildman–Crippen LogP) is 1.42. The zero-order chi connectivity index (χ0) is 9.68. The summed E-state index contributed by atoms with van der Waals surface area (Å²) in [7, 11) is -0.708. The fourth-order valence-corrected chi connectivity index (χ4v) is 2.21. The van der Waals surface area contributed by atoms with E-state index in [-0.39, 0.29) is 0 Å². The van der Waals surface area contributed by atoms with Crippen molar-refractivity contribution < 1.29 is 8.42 Å². The first-order valence-electron chi connectivity index (χ1n) is 5.05. The molecule has 1 aliphatic carbocycles. The van der Waals surface area contributed by atoms with Crippen LogP contribution in [0.1, 0.15) is 38.5 Å². The molecule has 78 valence electrons. The van der Waals surface area contributed by atoms with E-state index in [4.69, 9.17) is 0 Å². The minimum Gasteiger partial charge on any atom is -0.215 e. The van der Waals surface area contributed by atoms with Gasteiger partial charge in [0.1, 0.15) is 0 Å². The first kappa shape index (κ1) is 11.0. The van der Waals surface area contributed by atoms with Gasteiger partial charge in [-0.05, 0) is 12.3 Å². The summed E-state index contributed by atoms with van der Waals surface area (Å²) in [5, 5.41) is 0. The molecule has 0 spiro atoms. The quantitative estimate of drug-likeness (QED) is 0.705. The minimum atomic E-state index is -2.36. The molecule has 0 aliphatic heterocycles. The van der Waals surface area contributed by atoms with Crippen LogP contribution in [0.3, 0.4) is 0 Å². The highest BCUT2D eigenvalue weighted by Gasteiger charge is 2.13. The lowest BCUT2D eigenvalue weighted by Gasteiger charge is -2.22. The molecule has 1 rings (SSSR count). The van der Waals surface area contributed by atoms with E-state index in [2.05, 4.69) is 0 Å². The van der Waals surface area contributed by atoms with Gasteiger partial charge in [0.15, 0.2) is 0 Å². The molecule has 1 aliphatic rings. The Hall–Kier alpha value is -0.0900. The maximum atomic E-state index is 10.5. The summed E-state index contributed by atoms with van der Waals surface area (Å²) in [5.74, 6) is 0.770. The van der Waals surface area contributed by atoms with Gasteiger partial charge in [-0.1, -0.05) is 32.1 Å². The summed E-state index contributed by atoms with van der Waals surface area (Å²) < 4.78 is 22.5. The Kier molecular flexibility index (Phi) is 4.73. The first-order valence-corrected chi connectivity index (χ1v) is 6.18. The van der Waals surface area contributed by atoms with E-state index in [1.165, 1.54) is 36.4 Å². The van der Waals surface area contributed by atoms with Gasteiger partial charge in [0.25, 0.3) is 0 Å². The summed E-state index contributed by atoms with van der Waals surface area (Å²) in [6, 6.07) is 0. The molecule has 0 aromatic carbocycles. The van der Waals surface area contributed by atoms with Gasteiger partial charge in [0, 0.05) is 13.6 Å². The van der Waals surface area contributed by atoms with Gasteiger partial charge in [-0.15, -0.1) is 0 Å². The van der Waals surface area contributed by atoms with E-state index < -0.39 is 10.9 Å². The second-order valence-electron chi connectivity index (χ2n) is 3.91. The van der Waals surface area contributed by atoms with Gasteiger partial charge in [0.2, 0.25) is 10.9 Å². The van der Waals surface area contributed by atoms with Crippen molar-refractivity contribution in [1.29, 1.82) is 0 Å². The van der Waals surface area contributed by atoms with Crippen molar-refractivity contribution in [2.75, 3.05) is 13.6 Å². The zero-order valence-electron chi connectivity index (χ0n) is 8.24. The van der Waals surface area contributed by atoms with Gasteiger partial charge in [-0.3, -0.25) is 0 Å². The maximum absolute atomic E-state index is 10.5. The molecular formula is C9H19NO2S. The van der Waals surface area contributed by atoms with Crippen LogP contribution in [0.4, 0.5) is 0 Å². The van der Waals surface area contributed by atoms with Crippen LogP contribution in [0.2, 0.25) is 0 Å². The van der Waals surface area contributed by atoms with Gasteiger partial charge >= 0.3 is 0 Å². The van der Waals surface area contributed by atoms with Crippen LogP contribution in [-0.2, 0) is 10.9 Å². The highest BCUT2D eigenvalue weighted by molar-refractivity contribution is 7.69. The summed E-state index contributed by atoms with van der Waals surface area (Å²) in [4.78, 5) is 0. The van der Waals surface area contributed by atoms with Crippen LogP contribution >= 0.6 is 0 Å². The highest BCUT2D eigenvalue weighted by atomic mass is 32.2. The fraction of sp³-hybridized carbons (Fsp3) is 1.00. The standard InChI is InChI=1S/C9H19NO2S/c1-10(13(11)12)8-7-9-5-3-2-4-6-9/h9,13H,2-8H2,1H3. The van der Waals surface area contributed by atoms with Gasteiger partial charge < -0.3 is 0 Å². The molecule has 0 bridgehead atoms. The topological polar surface area (TPSA) is 37.4 Å². The lowest BCUT2D eigenvalue weighted by Crippen LogP contribution is -2.20. The zero-order valence-corrected chi connectivity index (χ0v) is 9.13. The van der Waals surface area contributed by atoms with Gasteiger partial charge in [-0.2, -0.15) is 0 Å². The fourth-order valence-electron chi connectivity index (χ4n) is 1.93. The van der Waals surface area contributed by atoms with Gasteiger partial charge in [-0.25, -0.2) is 12.7 Å². The molecule has 0 saturated heterocycles. The normalized spacial score (nSPS) is 19.9. The largest absolute Gasteiger partial charge is 0.215 e. The number of rotatable bonds is 4. The molecule has 0 aromatic rings. The molecule has 0 radical (unpaired) electrons. The van der Waals surface area contributed by atoms with Crippen LogP contribution in [0.25, 0.3) is 0 Å². The number of thiol groups is 1. The van der Waals surface area contributed by atoms with E-state index in [0.29, 0.717) is 6.54 Å². The van der Waals surface area contributed by atoms with Crippen molar-refractivity contribution in [3.63, 3.8) is 0 Å². The molecular weight excluding hydrogens is 186 g/mol. The van der Waals surface area contributed by atoms with Gasteiger partial charge in [0.05, 0.1) is 0 Å². The van der Waals surface area contributed by atoms with E-state index in [9.17, 15) is 8.42 Å². The highest BCUT2D eigenvalue weighted by Crippen LogP contribution is 2.26. The van der Waals surface area contributed by atoms with E-state index >= 15 is 0 Å². The maximum Gasteiger partial charge on any atom is 0.203 e. The Balaban J connectivity index is 2.17. The predicted molar refractivity (Wildman–Crippen MR) is 54.1 cm³/mol. The average molecular weight is 205 g/mol. The van der Waals surface area contributed by atoms with Crippen LogP contribution in [-0.4, -0.2) is 26.3 Å². The molecule has 13 heavy (non-hydrogen) atoms. The monoisotopic (exact) mass is 205 g/mol. The van der Waals surface area contributed by atoms with Crippen molar-refractivity contribution in [3.05, 3.63) is 0 Å². The Bertz CT molecular complexity index is 202. The Labute approximate surface area is 82.2 Å². The molecule has 0 unspecified atom stereocenters. The molecule has 0 heterocycles. The molecule has 0 atom stereocenters. The van der Waals surface area contributed by atoms with Crippen molar-refractivity contribution >= 4 is 10.9 Å². The number of nitrogens with zero attached hydrogens (tertiary/aromatic N) is 1. The lowest BCUT2D eigenvalue weighted by atomic mass is 9.87. The third-order valence-electron chi connectivity index (χ3n) is 2.86. The summed E-state index contributed by atoms with van der Waals surface area (Å²) in [6.07, 6.45) is 7.66. The molecule has 4 heteroatoms. The molecule has 0 aromatic heterocycles. The second-order valence-corrected chi connectivity index (χ2v) is 5.07. The SMILES string of the molecule is CN(CCC1CCCCC1)[SH](=O)=O. The lowest BCUT2D eigenvalue weighted by molar-refractivity contribution is 0.316. The third kappa shape index (κ3) is 4.09. The van der Waals surface area contributed by atoms with Crippen LogP contribution in [0.15, 0.2) is 0 Å². The van der Waals surface area contributed by atoms with E-state index in [1.807, 2.05) is 0 Å². The van der Waals surface area contributed by atoms with Crippen molar-refractivity contribution in [3.8, 4) is 0 Å². The van der Waals surface area contributed by atoms with Crippen molar-refractivity contribution in [2.24, 2.45) is 5.92 Å². The first-order chi connectivity index (χ1) is 6.20. The van der Waals surface area contributed by atoms with Crippen molar-refractivity contribution in [2.45, 2.75) is 38.5 Å². The van der Waals surface area contributed by atoms with Crippen molar-refractivity contribution in [1.82, 2.24) is 4.31 Å². The Morgan fingerprint density at radius 1 is 1.23 bits per heavy atom. The van der Waals surface area contributed by atoms with E-state index in [0.717, 1.165) is 12.3 Å². The summed E-state index contributed by atoms with van der Waals surface area (Å²) in [5.41, 5.74) is 0.